The van der Waals surface area contributed by atoms with E-state index in [0.29, 0.717) is 31.8 Å². The van der Waals surface area contributed by atoms with E-state index >= 15 is 0 Å². The van der Waals surface area contributed by atoms with Gasteiger partial charge in [0.2, 0.25) is 0 Å². The molecule has 0 spiro atoms. The maximum absolute atomic E-state index is 11.5. The maximum Gasteiger partial charge on any atom is 0.186 e. The first-order valence-corrected chi connectivity index (χ1v) is 23.1. The van der Waals surface area contributed by atoms with Crippen molar-refractivity contribution < 1.29 is 49.6 Å². The summed E-state index contributed by atoms with van der Waals surface area (Å²) in [5, 5.41) is 66.9. The number of nitrogens with one attached hydrogen (secondary N) is 1. The van der Waals surface area contributed by atoms with Crippen LogP contribution in [0.3, 0.4) is 0 Å². The molecule has 3 heterocycles. The molecule has 5 aliphatic rings. The van der Waals surface area contributed by atoms with Crippen LogP contribution in [-0.2, 0) is 18.9 Å². The zero-order chi connectivity index (χ0) is 39.0. The molecule has 7 N–H and O–H groups in total. The van der Waals surface area contributed by atoms with Gasteiger partial charge in [-0.1, -0.05) is 142 Å². The minimum absolute atomic E-state index is 0.113. The van der Waals surface area contributed by atoms with Crippen molar-refractivity contribution in [3.05, 3.63) is 0 Å². The van der Waals surface area contributed by atoms with Gasteiger partial charge in [0.1, 0.15) is 24.4 Å². The van der Waals surface area contributed by atoms with Gasteiger partial charge in [-0.15, -0.1) is 0 Å². The molecule has 13 atom stereocenters. The molecule has 5 rings (SSSR count). The Morgan fingerprint density at radius 1 is 0.691 bits per heavy atom. The SMILES string of the molecule is CCCCCCCCCCCCCC[C@@H](O)[C@@H](O)[C@H](COC1OC(CO)C(O)C(O)C1O)NC1(CCCCCCCCCC[C@H]2C[C@@H]3C[C@H]2[C@H]2O[C@@H]32)COC1. The second-order valence-corrected chi connectivity index (χ2v) is 18.4. The standard InChI is InChI=1S/C44H81NO10/c1-2-3-4-5-6-7-8-9-10-14-17-20-23-35(47)37(48)34(28-53-43-40(51)39(50)38(49)36(27-46)54-43)45-44(29-52-30-44)24-21-18-15-12-11-13-16-19-22-31-25-32-26-33(31)42-41(32)55-42/h31-43,45-51H,2-30H2,1H3/t31-,32+,33+,34-,35+,36?,37-,38?,39?,40?,41-,42+,43?/m0/s1. The highest BCUT2D eigenvalue weighted by molar-refractivity contribution is 5.10. The fourth-order valence-electron chi connectivity index (χ4n) is 10.3. The Kier molecular flexibility index (Phi) is 19.9. The molecule has 0 radical (unpaired) electrons. The largest absolute Gasteiger partial charge is 0.394 e. The van der Waals surface area contributed by atoms with Gasteiger partial charge in [0.25, 0.3) is 0 Å². The summed E-state index contributed by atoms with van der Waals surface area (Å²) in [6.07, 6.45) is 22.4. The first kappa shape index (κ1) is 45.6. The zero-order valence-electron chi connectivity index (χ0n) is 34.3. The van der Waals surface area contributed by atoms with Crippen molar-refractivity contribution in [1.29, 1.82) is 0 Å². The van der Waals surface area contributed by atoms with E-state index in [1.807, 2.05) is 0 Å². The molecule has 322 valence electrons. The summed E-state index contributed by atoms with van der Waals surface area (Å²) in [6, 6.07) is -0.693. The summed E-state index contributed by atoms with van der Waals surface area (Å²) in [7, 11) is 0. The summed E-state index contributed by atoms with van der Waals surface area (Å²) in [5.74, 6) is 2.67. The summed E-state index contributed by atoms with van der Waals surface area (Å²) in [6.45, 7) is 2.59. The van der Waals surface area contributed by atoms with Gasteiger partial charge < -0.3 is 49.6 Å². The quantitative estimate of drug-likeness (QED) is 0.0331. The number of ether oxygens (including phenoxy) is 4. The molecule has 3 saturated heterocycles. The fraction of sp³-hybridized carbons (Fsp3) is 1.00. The van der Waals surface area contributed by atoms with Crippen LogP contribution in [-0.4, -0.2) is 124 Å². The summed E-state index contributed by atoms with van der Waals surface area (Å²) in [4.78, 5) is 0. The van der Waals surface area contributed by atoms with Crippen molar-refractivity contribution >= 4 is 0 Å². The Bertz CT molecular complexity index is 1030. The minimum Gasteiger partial charge on any atom is -0.394 e. The van der Waals surface area contributed by atoms with E-state index in [-0.39, 0.29) is 12.1 Å². The molecule has 11 nitrogen and oxygen atoms in total. The predicted octanol–water partition coefficient (Wildman–Crippen LogP) is 5.67. The van der Waals surface area contributed by atoms with Crippen LogP contribution >= 0.6 is 0 Å². The van der Waals surface area contributed by atoms with Crippen LogP contribution < -0.4 is 5.32 Å². The topological polar surface area (TPSA) is 174 Å². The van der Waals surface area contributed by atoms with Crippen molar-refractivity contribution in [1.82, 2.24) is 5.32 Å². The maximum atomic E-state index is 11.5. The van der Waals surface area contributed by atoms with Crippen LogP contribution in [0.2, 0.25) is 0 Å². The van der Waals surface area contributed by atoms with Crippen LogP contribution in [0, 0.1) is 17.8 Å². The molecule has 11 heteroatoms. The number of aliphatic hydroxyl groups is 6. The number of epoxide rings is 1. The smallest absolute Gasteiger partial charge is 0.186 e. The first-order chi connectivity index (χ1) is 26.8. The Hall–Kier alpha value is -0.440. The molecule has 2 aliphatic carbocycles. The monoisotopic (exact) mass is 784 g/mol. The van der Waals surface area contributed by atoms with Crippen LogP contribution in [0.1, 0.15) is 167 Å². The third kappa shape index (κ3) is 13.8. The molecule has 0 aromatic rings. The molecule has 0 amide bonds. The number of fused-ring (bicyclic) bond motifs is 5. The average molecular weight is 784 g/mol. The van der Waals surface area contributed by atoms with E-state index in [9.17, 15) is 30.6 Å². The molecule has 2 bridgehead atoms. The number of rotatable bonds is 32. The van der Waals surface area contributed by atoms with E-state index in [1.54, 1.807) is 0 Å². The van der Waals surface area contributed by atoms with Gasteiger partial charge in [-0.2, -0.15) is 0 Å². The van der Waals surface area contributed by atoms with E-state index in [4.69, 9.17) is 18.9 Å². The van der Waals surface area contributed by atoms with Crippen LogP contribution in [0.5, 0.6) is 0 Å². The highest BCUT2D eigenvalue weighted by atomic mass is 16.7. The Morgan fingerprint density at radius 2 is 1.29 bits per heavy atom. The van der Waals surface area contributed by atoms with Crippen LogP contribution in [0.4, 0.5) is 0 Å². The van der Waals surface area contributed by atoms with Crippen molar-refractivity contribution in [2.75, 3.05) is 26.4 Å². The predicted molar refractivity (Wildman–Crippen MR) is 212 cm³/mol. The van der Waals surface area contributed by atoms with Gasteiger partial charge in [-0.3, -0.25) is 5.32 Å². The molecule has 0 aromatic heterocycles. The van der Waals surface area contributed by atoms with Gasteiger partial charge in [0, 0.05) is 0 Å². The molecular weight excluding hydrogens is 702 g/mol. The highest BCUT2D eigenvalue weighted by Crippen LogP contribution is 2.59. The molecule has 2 saturated carbocycles. The van der Waals surface area contributed by atoms with Crippen molar-refractivity contribution in [3.8, 4) is 0 Å². The van der Waals surface area contributed by atoms with Gasteiger partial charge >= 0.3 is 0 Å². The Labute approximate surface area is 332 Å². The van der Waals surface area contributed by atoms with E-state index in [0.717, 1.165) is 56.3 Å². The lowest BCUT2D eigenvalue weighted by Crippen LogP contribution is -2.67. The number of aliphatic hydroxyl groups excluding tert-OH is 6. The molecule has 3 aliphatic heterocycles. The lowest BCUT2D eigenvalue weighted by molar-refractivity contribution is -0.303. The zero-order valence-corrected chi connectivity index (χ0v) is 34.3. The second-order valence-electron chi connectivity index (χ2n) is 18.4. The molecule has 0 aromatic carbocycles. The van der Waals surface area contributed by atoms with Gasteiger partial charge in [0.05, 0.1) is 62.4 Å². The normalized spacial score (nSPS) is 33.7. The summed E-state index contributed by atoms with van der Waals surface area (Å²) < 4.78 is 23.0. The number of unbranched alkanes of at least 4 members (excludes halogenated alkanes) is 18. The second kappa shape index (κ2) is 24.0. The lowest BCUT2D eigenvalue weighted by atomic mass is 9.85. The third-order valence-corrected chi connectivity index (χ3v) is 13.9. The van der Waals surface area contributed by atoms with Crippen molar-refractivity contribution in [3.63, 3.8) is 0 Å². The first-order valence-electron chi connectivity index (χ1n) is 23.1. The van der Waals surface area contributed by atoms with Crippen molar-refractivity contribution in [2.24, 2.45) is 17.8 Å². The molecule has 5 fully saturated rings. The fourth-order valence-corrected chi connectivity index (χ4v) is 10.3. The van der Waals surface area contributed by atoms with Gasteiger partial charge in [0.15, 0.2) is 6.29 Å². The Balaban J connectivity index is 0.991. The van der Waals surface area contributed by atoms with Gasteiger partial charge in [-0.05, 0) is 43.4 Å². The third-order valence-electron chi connectivity index (χ3n) is 13.9. The van der Waals surface area contributed by atoms with Crippen LogP contribution in [0.15, 0.2) is 0 Å². The van der Waals surface area contributed by atoms with E-state index in [2.05, 4.69) is 12.2 Å². The lowest BCUT2D eigenvalue weighted by Gasteiger charge is -2.46. The highest BCUT2D eigenvalue weighted by Gasteiger charge is 2.62. The summed E-state index contributed by atoms with van der Waals surface area (Å²) >= 11 is 0. The van der Waals surface area contributed by atoms with Crippen LogP contribution in [0.25, 0.3) is 0 Å². The minimum atomic E-state index is -1.55. The molecule has 55 heavy (non-hydrogen) atoms. The Morgan fingerprint density at radius 3 is 1.85 bits per heavy atom. The summed E-state index contributed by atoms with van der Waals surface area (Å²) in [5.41, 5.74) is -0.356. The molecular formula is C44H81NO10. The van der Waals surface area contributed by atoms with E-state index in [1.165, 1.54) is 116 Å². The van der Waals surface area contributed by atoms with E-state index < -0.39 is 55.6 Å². The number of hydrogen-bond donors (Lipinski definition) is 7. The van der Waals surface area contributed by atoms with Gasteiger partial charge in [-0.25, -0.2) is 0 Å². The van der Waals surface area contributed by atoms with Crippen molar-refractivity contribution in [2.45, 2.75) is 234 Å². The molecule has 5 unspecified atom stereocenters. The number of hydrogen-bond acceptors (Lipinski definition) is 11. The average Bonchev–Trinajstić information content (AvgIpc) is 3.78.